The summed E-state index contributed by atoms with van der Waals surface area (Å²) in [5, 5.41) is 6.06. The molecule has 412 valence electrons. The van der Waals surface area contributed by atoms with Crippen molar-refractivity contribution in [3.05, 3.63) is 92.7 Å². The number of carbonyl (C=O) groups is 3. The number of nitrogens with zero attached hydrogens (tertiary/aromatic N) is 6. The topological polar surface area (TPSA) is 203 Å². The van der Waals surface area contributed by atoms with Gasteiger partial charge in [0.25, 0.3) is 0 Å². The first-order chi connectivity index (χ1) is 36.4. The molecule has 4 atom stereocenters. The standard InChI is InChI=1S/C29H34Cl2N4O5.C27H32Cl2N4O4/c1-16(36)32-14-20-9-17(15-35(20)28(37)40-29(2,3)4)10-24-33-13-19-11-18(7-8-21(19)34-24)25-26(30)22(38-5)12-23(39-6)27(25)31;1-27(2,3)37-26(34)33-14-15(8-18(33)12-30)9-22-31-13-17-10-16(6-7-19(17)32-22)23-24(28)20(35-4)11-21(36-5)25(23)29/h7-8,11-13,17,20H,9-10,14-15H2,1-6H3,(H,32,36);6-7,10-11,13,15,18H,8-9,12,14,30H2,1-5H3/t17-,20+;15-,18+/m11/s1. The Balaban J connectivity index is 0.000000224. The quantitative estimate of drug-likeness (QED) is 0.111. The minimum absolute atomic E-state index is 0.0581. The maximum Gasteiger partial charge on any atom is 0.410 e. The van der Waals surface area contributed by atoms with Crippen molar-refractivity contribution in [3.63, 3.8) is 0 Å². The van der Waals surface area contributed by atoms with Crippen LogP contribution in [0.1, 0.15) is 73.0 Å². The molecule has 2 aliphatic heterocycles. The summed E-state index contributed by atoms with van der Waals surface area (Å²) in [6.07, 6.45) is 5.56. The van der Waals surface area contributed by atoms with Gasteiger partial charge in [-0.3, -0.25) is 4.79 Å². The highest BCUT2D eigenvalue weighted by Crippen LogP contribution is 2.48. The van der Waals surface area contributed by atoms with Gasteiger partial charge in [-0.05, 0) is 102 Å². The highest BCUT2D eigenvalue weighted by atomic mass is 35.5. The summed E-state index contributed by atoms with van der Waals surface area (Å²) in [6.45, 7) is 14.4. The number of carbonyl (C=O) groups excluding carboxylic acids is 3. The highest BCUT2D eigenvalue weighted by Gasteiger charge is 2.39. The van der Waals surface area contributed by atoms with Crippen molar-refractivity contribution in [3.8, 4) is 45.3 Å². The van der Waals surface area contributed by atoms with Crippen molar-refractivity contribution < 1.29 is 42.8 Å². The van der Waals surface area contributed by atoms with E-state index >= 15 is 0 Å². The molecule has 0 bridgehead atoms. The number of likely N-dealkylation sites (tertiary alicyclic amines) is 2. The van der Waals surface area contributed by atoms with E-state index in [9.17, 15) is 14.4 Å². The van der Waals surface area contributed by atoms with Crippen LogP contribution in [0.15, 0.2) is 60.9 Å². The first-order valence-corrected chi connectivity index (χ1v) is 26.6. The highest BCUT2D eigenvalue weighted by molar-refractivity contribution is 6.42. The van der Waals surface area contributed by atoms with Gasteiger partial charge in [-0.25, -0.2) is 29.5 Å². The number of hydrogen-bond donors (Lipinski definition) is 2. The van der Waals surface area contributed by atoms with E-state index in [0.717, 1.165) is 39.4 Å². The number of nitrogens with one attached hydrogen (secondary N) is 1. The zero-order valence-electron chi connectivity index (χ0n) is 45.2. The Hall–Kier alpha value is -6.11. The number of ether oxygens (including phenoxy) is 6. The molecule has 17 nitrogen and oxygen atoms in total. The molecule has 77 heavy (non-hydrogen) atoms. The molecule has 4 aromatic carbocycles. The summed E-state index contributed by atoms with van der Waals surface area (Å²) in [6, 6.07) is 14.6. The molecule has 3 N–H and O–H groups in total. The summed E-state index contributed by atoms with van der Waals surface area (Å²) in [5.74, 6) is 3.41. The Morgan fingerprint density at radius 3 is 1.34 bits per heavy atom. The maximum atomic E-state index is 12.9. The zero-order valence-corrected chi connectivity index (χ0v) is 48.2. The molecular weight excluding hydrogens is 1070 g/mol. The van der Waals surface area contributed by atoms with Gasteiger partial charge in [-0.15, -0.1) is 0 Å². The Kier molecular flexibility index (Phi) is 18.8. The Morgan fingerprint density at radius 1 is 0.610 bits per heavy atom. The first-order valence-electron chi connectivity index (χ1n) is 25.1. The van der Waals surface area contributed by atoms with E-state index in [1.165, 1.54) is 21.1 Å². The van der Waals surface area contributed by atoms with Gasteiger partial charge in [0.15, 0.2) is 0 Å². The van der Waals surface area contributed by atoms with Crippen molar-refractivity contribution >= 4 is 86.3 Å². The second-order valence-corrected chi connectivity index (χ2v) is 22.6. The van der Waals surface area contributed by atoms with Crippen molar-refractivity contribution in [1.29, 1.82) is 0 Å². The van der Waals surface area contributed by atoms with Crippen LogP contribution < -0.4 is 30.0 Å². The number of fused-ring (bicyclic) bond motifs is 2. The molecule has 0 unspecified atom stereocenters. The summed E-state index contributed by atoms with van der Waals surface area (Å²) in [4.78, 5) is 59.3. The largest absolute Gasteiger partial charge is 0.495 e. The second kappa shape index (κ2) is 24.7. The lowest BCUT2D eigenvalue weighted by Crippen LogP contribution is -2.44. The summed E-state index contributed by atoms with van der Waals surface area (Å²) < 4.78 is 32.8. The number of nitrogens with two attached hydrogens (primary N) is 1. The van der Waals surface area contributed by atoms with Crippen molar-refractivity contribution in [1.82, 2.24) is 35.1 Å². The molecule has 3 amide bonds. The SMILES string of the molecule is COc1cc(OC)c(Cl)c(-c2ccc3nc(C[C@H]4C[C@@H](CN)N(C(=O)OC(C)(C)C)C4)ncc3c2)c1Cl.COc1cc(OC)c(Cl)c(-c2ccc3nc(C[C@H]4C[C@@H](CNC(C)=O)N(C(=O)OC(C)(C)C)C4)ncc3c2)c1Cl. The molecule has 6 aromatic rings. The average Bonchev–Trinajstić information content (AvgIpc) is 4.00. The van der Waals surface area contributed by atoms with Gasteiger partial charge in [0.1, 0.15) is 45.8 Å². The summed E-state index contributed by atoms with van der Waals surface area (Å²) >= 11 is 26.4. The van der Waals surface area contributed by atoms with Crippen LogP contribution in [0, 0.1) is 11.8 Å². The van der Waals surface area contributed by atoms with Crippen LogP contribution in [-0.4, -0.2) is 126 Å². The van der Waals surface area contributed by atoms with E-state index in [4.69, 9.17) is 90.5 Å². The van der Waals surface area contributed by atoms with Gasteiger partial charge < -0.3 is 49.3 Å². The lowest BCUT2D eigenvalue weighted by molar-refractivity contribution is -0.119. The summed E-state index contributed by atoms with van der Waals surface area (Å²) in [5.41, 5.74) is 9.15. The van der Waals surface area contributed by atoms with Crippen molar-refractivity contribution in [2.24, 2.45) is 17.6 Å². The molecule has 0 radical (unpaired) electrons. The number of methoxy groups -OCH3 is 4. The van der Waals surface area contributed by atoms with E-state index in [1.54, 1.807) is 48.5 Å². The molecule has 2 saturated heterocycles. The smallest absolute Gasteiger partial charge is 0.410 e. The Morgan fingerprint density at radius 2 is 0.987 bits per heavy atom. The lowest BCUT2D eigenvalue weighted by Gasteiger charge is -2.28. The minimum atomic E-state index is -0.613. The van der Waals surface area contributed by atoms with E-state index in [2.05, 4.69) is 15.3 Å². The molecule has 2 fully saturated rings. The number of amides is 3. The molecule has 2 aromatic heterocycles. The van der Waals surface area contributed by atoms with Crippen LogP contribution in [0.5, 0.6) is 23.0 Å². The molecular formula is C56H66Cl4N8O9. The molecule has 8 rings (SSSR count). The van der Waals surface area contributed by atoms with Crippen molar-refractivity contribution in [2.75, 3.05) is 54.6 Å². The predicted molar refractivity (Wildman–Crippen MR) is 301 cm³/mol. The van der Waals surface area contributed by atoms with Crippen LogP contribution in [0.2, 0.25) is 20.1 Å². The normalized spacial score (nSPS) is 17.5. The van der Waals surface area contributed by atoms with E-state index < -0.39 is 11.2 Å². The van der Waals surface area contributed by atoms with Crippen LogP contribution in [0.3, 0.4) is 0 Å². The Labute approximate surface area is 469 Å². The molecule has 0 aliphatic carbocycles. The van der Waals surface area contributed by atoms with Gasteiger partial charge in [0.05, 0.1) is 65.6 Å². The summed E-state index contributed by atoms with van der Waals surface area (Å²) in [7, 11) is 6.16. The minimum Gasteiger partial charge on any atom is -0.495 e. The molecule has 0 spiro atoms. The molecule has 2 aliphatic rings. The lowest BCUT2D eigenvalue weighted by atomic mass is 10.0. The number of aromatic nitrogens is 4. The predicted octanol–water partition coefficient (Wildman–Crippen LogP) is 11.7. The third kappa shape index (κ3) is 14.1. The number of halogens is 4. The first kappa shape index (κ1) is 58.6. The van der Waals surface area contributed by atoms with Crippen LogP contribution in [0.25, 0.3) is 44.1 Å². The van der Waals surface area contributed by atoms with E-state index in [-0.39, 0.29) is 42.0 Å². The molecule has 0 saturated carbocycles. The van der Waals surface area contributed by atoms with Gasteiger partial charge in [0.2, 0.25) is 5.91 Å². The fourth-order valence-electron chi connectivity index (χ4n) is 9.54. The number of rotatable bonds is 13. The molecule has 4 heterocycles. The number of benzene rings is 4. The molecule has 21 heteroatoms. The monoisotopic (exact) mass is 1130 g/mol. The maximum absolute atomic E-state index is 12.9. The second-order valence-electron chi connectivity index (χ2n) is 21.0. The van der Waals surface area contributed by atoms with Gasteiger partial charge >= 0.3 is 12.2 Å². The van der Waals surface area contributed by atoms with E-state index in [0.29, 0.717) is 111 Å². The van der Waals surface area contributed by atoms with Crippen LogP contribution in [-0.2, 0) is 27.1 Å². The van der Waals surface area contributed by atoms with Crippen molar-refractivity contribution in [2.45, 2.75) is 97.4 Å². The Bertz CT molecular complexity index is 3100. The van der Waals surface area contributed by atoms with Crippen LogP contribution in [0.4, 0.5) is 9.59 Å². The van der Waals surface area contributed by atoms with Gasteiger partial charge in [-0.1, -0.05) is 58.5 Å². The van der Waals surface area contributed by atoms with Gasteiger partial charge in [0, 0.05) is 98.4 Å². The number of hydrogen-bond acceptors (Lipinski definition) is 14. The average molecular weight is 1140 g/mol. The van der Waals surface area contributed by atoms with E-state index in [1.807, 2.05) is 77.9 Å². The van der Waals surface area contributed by atoms with Gasteiger partial charge in [-0.2, -0.15) is 0 Å². The fraction of sp³-hybridized carbons (Fsp3) is 0.446. The third-order valence-electron chi connectivity index (χ3n) is 13.0. The zero-order chi connectivity index (χ0) is 56.1. The third-order valence-corrected chi connectivity index (χ3v) is 14.5. The van der Waals surface area contributed by atoms with Crippen LogP contribution >= 0.6 is 46.4 Å². The fourth-order valence-corrected chi connectivity index (χ4v) is 11.0.